The summed E-state index contributed by atoms with van der Waals surface area (Å²) in [7, 11) is 0. The number of hydrogen-bond donors (Lipinski definition) is 4. The van der Waals surface area contributed by atoms with Crippen LogP contribution in [0.25, 0.3) is 0 Å². The van der Waals surface area contributed by atoms with E-state index in [1.165, 1.54) is 17.1 Å². The minimum absolute atomic E-state index is 0.0980. The molecule has 0 aliphatic carbocycles. The Balaban J connectivity index is 1.87. The quantitative estimate of drug-likeness (QED) is 0.351. The molecule has 1 fully saturated rings. The van der Waals surface area contributed by atoms with E-state index in [4.69, 9.17) is 5.73 Å². The summed E-state index contributed by atoms with van der Waals surface area (Å²) in [6.45, 7) is 0.596. The molecule has 2 aromatic rings. The van der Waals surface area contributed by atoms with Crippen molar-refractivity contribution in [3.63, 3.8) is 0 Å². The van der Waals surface area contributed by atoms with Crippen molar-refractivity contribution in [2.45, 2.75) is 50.2 Å². The number of nitrogens with one attached hydrogen (secondary N) is 1. The number of thiol groups is 1. The van der Waals surface area contributed by atoms with E-state index < -0.39 is 35.9 Å². The third-order valence-electron chi connectivity index (χ3n) is 5.61. The molecule has 3 atom stereocenters. The average molecular weight is 487 g/mol. The largest absolute Gasteiger partial charge is 0.480 e. The minimum atomic E-state index is -1.53. The van der Waals surface area contributed by atoms with Crippen LogP contribution in [-0.2, 0) is 27.2 Å². The van der Waals surface area contributed by atoms with Crippen LogP contribution in [0.5, 0.6) is 0 Å². The fourth-order valence-electron chi connectivity index (χ4n) is 3.86. The summed E-state index contributed by atoms with van der Waals surface area (Å²) in [5, 5.41) is 13.0. The van der Waals surface area contributed by atoms with Gasteiger partial charge in [0.1, 0.15) is 12.4 Å². The number of imide groups is 1. The molecule has 1 aromatic heterocycles. The number of carboxylic acids is 1. The van der Waals surface area contributed by atoms with Crippen molar-refractivity contribution in [2.75, 3.05) is 12.3 Å². The molecule has 11 heteroatoms. The van der Waals surface area contributed by atoms with E-state index >= 15 is 0 Å². The zero-order valence-electron chi connectivity index (χ0n) is 18.6. The van der Waals surface area contributed by atoms with Gasteiger partial charge >= 0.3 is 5.97 Å². The van der Waals surface area contributed by atoms with E-state index in [9.17, 15) is 24.3 Å². The van der Waals surface area contributed by atoms with E-state index in [2.05, 4.69) is 29.0 Å². The summed E-state index contributed by atoms with van der Waals surface area (Å²) in [6.07, 6.45) is 3.93. The van der Waals surface area contributed by atoms with Crippen LogP contribution in [0.15, 0.2) is 36.8 Å². The first-order valence-electron chi connectivity index (χ1n) is 11.0. The first kappa shape index (κ1) is 25.6. The molecule has 181 valence electrons. The van der Waals surface area contributed by atoms with Gasteiger partial charge in [-0.2, -0.15) is 12.6 Å². The number of carbonyl (C=O) groups is 4. The number of carbonyl (C=O) groups excluding carboxylic acids is 3. The third-order valence-corrected chi connectivity index (χ3v) is 5.84. The van der Waals surface area contributed by atoms with Gasteiger partial charge < -0.3 is 16.2 Å². The number of benzene rings is 1. The van der Waals surface area contributed by atoms with Gasteiger partial charge in [0.05, 0.1) is 17.8 Å². The number of imidazole rings is 1. The molecule has 0 bridgehead atoms. The molecule has 2 heterocycles. The number of rotatable bonds is 10. The first-order valence-corrected chi connectivity index (χ1v) is 11.7. The average Bonchev–Trinajstić information content (AvgIpc) is 3.51. The standard InChI is InChI=1S/C23H28N5O5S/c24-17(11-15-5-2-1-3-6-15)21(30)28(22(31)18-7-4-9-25-18)19(23(32)33)12-16-13-27(14-26-16)20(29)8-10-34/h1-3,5,13-14,17-19,25,34H,4,7-12,24H2,(H,32,33). The van der Waals surface area contributed by atoms with Gasteiger partial charge in [0.25, 0.3) is 0 Å². The lowest BCUT2D eigenvalue weighted by molar-refractivity contribution is -0.159. The molecule has 0 saturated carbocycles. The maximum atomic E-state index is 13.4. The van der Waals surface area contributed by atoms with Crippen LogP contribution in [0.2, 0.25) is 0 Å². The molecule has 2 amide bonds. The number of aromatic nitrogens is 2. The van der Waals surface area contributed by atoms with Gasteiger partial charge in [0.15, 0.2) is 0 Å². The number of nitrogens with two attached hydrogens (primary N) is 1. The molecule has 1 aliphatic heterocycles. The maximum absolute atomic E-state index is 13.4. The molecular formula is C23H28N5O5S. The molecule has 3 rings (SSSR count). The van der Waals surface area contributed by atoms with Crippen molar-refractivity contribution in [3.05, 3.63) is 54.1 Å². The predicted octanol–water partition coefficient (Wildman–Crippen LogP) is 0.316. The van der Waals surface area contributed by atoms with Gasteiger partial charge in [0.2, 0.25) is 17.7 Å². The second-order valence-electron chi connectivity index (χ2n) is 8.09. The predicted molar refractivity (Wildman–Crippen MR) is 126 cm³/mol. The van der Waals surface area contributed by atoms with Crippen molar-refractivity contribution in [1.82, 2.24) is 19.8 Å². The van der Waals surface area contributed by atoms with Crippen molar-refractivity contribution in [2.24, 2.45) is 5.73 Å². The van der Waals surface area contributed by atoms with Crippen molar-refractivity contribution in [1.29, 1.82) is 0 Å². The molecule has 0 spiro atoms. The Kier molecular flexibility index (Phi) is 8.97. The molecular weight excluding hydrogens is 458 g/mol. The lowest BCUT2D eigenvalue weighted by Gasteiger charge is -2.31. The van der Waals surface area contributed by atoms with Crippen LogP contribution in [0, 0.1) is 6.07 Å². The van der Waals surface area contributed by atoms with E-state index in [1.54, 1.807) is 24.3 Å². The Hall–Kier alpha value is -3.02. The van der Waals surface area contributed by atoms with Crippen LogP contribution in [-0.4, -0.2) is 73.7 Å². The molecule has 10 nitrogen and oxygen atoms in total. The Morgan fingerprint density at radius 1 is 1.32 bits per heavy atom. The molecule has 1 aliphatic rings. The molecule has 34 heavy (non-hydrogen) atoms. The summed E-state index contributed by atoms with van der Waals surface area (Å²) in [5.74, 6) is -2.68. The number of amides is 2. The second kappa shape index (κ2) is 11.9. The Bertz CT molecular complexity index is 1020. The van der Waals surface area contributed by atoms with Crippen LogP contribution in [0.1, 0.15) is 35.3 Å². The fraction of sp³-hybridized carbons (Fsp3) is 0.435. The number of nitrogens with zero attached hydrogens (tertiary/aromatic N) is 3. The van der Waals surface area contributed by atoms with Crippen LogP contribution >= 0.6 is 12.6 Å². The summed E-state index contributed by atoms with van der Waals surface area (Å²) >= 11 is 4.03. The van der Waals surface area contributed by atoms with Crippen molar-refractivity contribution >= 4 is 36.3 Å². The van der Waals surface area contributed by atoms with Crippen molar-refractivity contribution in [3.8, 4) is 0 Å². The minimum Gasteiger partial charge on any atom is -0.480 e. The first-order chi connectivity index (χ1) is 16.3. The summed E-state index contributed by atoms with van der Waals surface area (Å²) in [4.78, 5) is 55.9. The van der Waals surface area contributed by atoms with Gasteiger partial charge in [-0.25, -0.2) is 9.78 Å². The summed E-state index contributed by atoms with van der Waals surface area (Å²) in [5.41, 5.74) is 7.08. The smallest absolute Gasteiger partial charge is 0.327 e. The van der Waals surface area contributed by atoms with E-state index in [1.807, 2.05) is 0 Å². The van der Waals surface area contributed by atoms with E-state index in [0.29, 0.717) is 24.3 Å². The van der Waals surface area contributed by atoms with Crippen LogP contribution in [0.3, 0.4) is 0 Å². The number of carboxylic acid groups (broad SMARTS) is 1. The highest BCUT2D eigenvalue weighted by Crippen LogP contribution is 2.17. The fourth-order valence-corrected chi connectivity index (χ4v) is 4.05. The third kappa shape index (κ3) is 6.31. The topological polar surface area (TPSA) is 148 Å². The van der Waals surface area contributed by atoms with Gasteiger partial charge in [-0.3, -0.25) is 23.9 Å². The lowest BCUT2D eigenvalue weighted by atomic mass is 10.0. The zero-order valence-corrected chi connectivity index (χ0v) is 19.5. The molecule has 1 aromatic carbocycles. The second-order valence-corrected chi connectivity index (χ2v) is 8.54. The van der Waals surface area contributed by atoms with Crippen molar-refractivity contribution < 1.29 is 24.3 Å². The number of hydrogen-bond acceptors (Lipinski definition) is 8. The Morgan fingerprint density at radius 3 is 2.74 bits per heavy atom. The maximum Gasteiger partial charge on any atom is 0.327 e. The van der Waals surface area contributed by atoms with Gasteiger partial charge in [0, 0.05) is 19.0 Å². The summed E-state index contributed by atoms with van der Waals surface area (Å²) in [6, 6.07) is 6.63. The highest BCUT2D eigenvalue weighted by molar-refractivity contribution is 7.80. The van der Waals surface area contributed by atoms with E-state index in [-0.39, 0.29) is 30.9 Å². The monoisotopic (exact) mass is 486 g/mol. The van der Waals surface area contributed by atoms with E-state index in [0.717, 1.165) is 11.3 Å². The van der Waals surface area contributed by atoms with Gasteiger partial charge in [-0.1, -0.05) is 24.3 Å². The molecule has 1 saturated heterocycles. The van der Waals surface area contributed by atoms with Crippen LogP contribution < -0.4 is 11.1 Å². The normalized spacial score (nSPS) is 17.2. The molecule has 3 unspecified atom stereocenters. The SMILES string of the molecule is NC(Cc1[c]cccc1)C(=O)N(C(=O)C1CCCN1)C(Cc1cn(C(=O)CCS)cn1)C(=O)O. The van der Waals surface area contributed by atoms with Gasteiger partial charge in [-0.15, -0.1) is 0 Å². The molecule has 1 radical (unpaired) electrons. The zero-order chi connectivity index (χ0) is 24.7. The Labute approximate surface area is 202 Å². The highest BCUT2D eigenvalue weighted by Gasteiger charge is 2.41. The summed E-state index contributed by atoms with van der Waals surface area (Å²) < 4.78 is 1.24. The highest BCUT2D eigenvalue weighted by atomic mass is 32.1. The molecule has 4 N–H and O–H groups in total. The van der Waals surface area contributed by atoms with Crippen LogP contribution in [0.4, 0.5) is 0 Å². The number of aliphatic carboxylic acids is 1. The Morgan fingerprint density at radius 2 is 2.12 bits per heavy atom. The van der Waals surface area contributed by atoms with Gasteiger partial charge in [-0.05, 0) is 43.2 Å². The lowest BCUT2D eigenvalue weighted by Crippen LogP contribution is -2.59.